The molecule has 0 spiro atoms. The van der Waals surface area contributed by atoms with E-state index in [4.69, 9.17) is 11.8 Å². The lowest BCUT2D eigenvalue weighted by Gasteiger charge is -2.19. The van der Waals surface area contributed by atoms with Gasteiger partial charge in [0, 0.05) is 11.8 Å². The second-order valence-corrected chi connectivity index (χ2v) is 4.00. The Morgan fingerprint density at radius 1 is 1.50 bits per heavy atom. The van der Waals surface area contributed by atoms with Crippen LogP contribution in [0.2, 0.25) is 0 Å². The van der Waals surface area contributed by atoms with Crippen LogP contribution in [0.5, 0.6) is 0 Å². The highest BCUT2D eigenvalue weighted by molar-refractivity contribution is 14.1. The maximum atomic E-state index is 11.5. The molecule has 4 nitrogen and oxygen atoms in total. The number of hydrogen-bond acceptors (Lipinski definition) is 2. The first kappa shape index (κ1) is 10.0. The first-order valence-electron chi connectivity index (χ1n) is 3.31. The van der Waals surface area contributed by atoms with E-state index < -0.39 is 11.6 Å². The molecular formula is C6H8ClIN2O2. The lowest BCUT2D eigenvalue weighted by Crippen LogP contribution is -2.39. The van der Waals surface area contributed by atoms with Crippen molar-refractivity contribution < 1.29 is 9.59 Å². The second kappa shape index (κ2) is 3.02. The molecule has 0 aromatic rings. The first-order valence-corrected chi connectivity index (χ1v) is 5.17. The standard InChI is InChI=1S/C6H8ClIN2O2/c1-6(2)4(11)9(3-8)5(12)10(6)7/h3H2,1-2H3. The summed E-state index contributed by atoms with van der Waals surface area (Å²) in [6, 6.07) is -0.443. The van der Waals surface area contributed by atoms with E-state index in [0.717, 1.165) is 9.32 Å². The van der Waals surface area contributed by atoms with Crippen molar-refractivity contribution in [1.29, 1.82) is 0 Å². The molecule has 1 aliphatic heterocycles. The van der Waals surface area contributed by atoms with Gasteiger partial charge in [0.2, 0.25) is 0 Å². The lowest BCUT2D eigenvalue weighted by atomic mass is 10.1. The molecular weight excluding hydrogens is 294 g/mol. The molecule has 12 heavy (non-hydrogen) atoms. The minimum Gasteiger partial charge on any atom is -0.272 e. The zero-order chi connectivity index (χ0) is 9.52. The smallest absolute Gasteiger partial charge is 0.272 e. The number of rotatable bonds is 1. The van der Waals surface area contributed by atoms with Crippen molar-refractivity contribution in [3.8, 4) is 0 Å². The molecule has 0 saturated carbocycles. The number of amides is 3. The predicted molar refractivity (Wildman–Crippen MR) is 52.9 cm³/mol. The van der Waals surface area contributed by atoms with Crippen LogP contribution >= 0.6 is 34.4 Å². The van der Waals surface area contributed by atoms with E-state index in [0.29, 0.717) is 4.55 Å². The third kappa shape index (κ3) is 1.19. The summed E-state index contributed by atoms with van der Waals surface area (Å²) in [5, 5.41) is 0. The van der Waals surface area contributed by atoms with Gasteiger partial charge in [0.15, 0.2) is 0 Å². The van der Waals surface area contributed by atoms with Crippen LogP contribution in [0.1, 0.15) is 13.8 Å². The van der Waals surface area contributed by atoms with Crippen molar-refractivity contribution in [3.63, 3.8) is 0 Å². The molecule has 0 aliphatic carbocycles. The number of alkyl halides is 1. The van der Waals surface area contributed by atoms with E-state index in [1.807, 2.05) is 22.6 Å². The molecule has 1 fully saturated rings. The normalized spacial score (nSPS) is 22.3. The Bertz CT molecular complexity index is 244. The molecule has 0 unspecified atom stereocenters. The number of imide groups is 1. The molecule has 1 aliphatic rings. The van der Waals surface area contributed by atoms with Crippen LogP contribution in [0.3, 0.4) is 0 Å². The summed E-state index contributed by atoms with van der Waals surface area (Å²) in [6.07, 6.45) is 0. The average Bonchev–Trinajstić information content (AvgIpc) is 2.15. The highest BCUT2D eigenvalue weighted by Gasteiger charge is 2.50. The van der Waals surface area contributed by atoms with Gasteiger partial charge in [0.05, 0.1) is 4.55 Å². The van der Waals surface area contributed by atoms with Crippen LogP contribution in [0.4, 0.5) is 4.79 Å². The van der Waals surface area contributed by atoms with Gasteiger partial charge in [0.1, 0.15) is 5.54 Å². The number of carbonyl (C=O) groups excluding carboxylic acids is 2. The summed E-state index contributed by atoms with van der Waals surface area (Å²) in [5.74, 6) is -0.253. The van der Waals surface area contributed by atoms with E-state index in [1.54, 1.807) is 13.8 Å². The SMILES string of the molecule is CC1(C)C(=O)N(CI)C(=O)N1Cl. The minimum atomic E-state index is -0.913. The average molecular weight is 302 g/mol. The topological polar surface area (TPSA) is 40.6 Å². The van der Waals surface area contributed by atoms with E-state index >= 15 is 0 Å². The van der Waals surface area contributed by atoms with Gasteiger partial charge in [-0.3, -0.25) is 9.69 Å². The molecule has 1 saturated heterocycles. The molecule has 0 radical (unpaired) electrons. The van der Waals surface area contributed by atoms with Gasteiger partial charge >= 0.3 is 6.03 Å². The summed E-state index contributed by atoms with van der Waals surface area (Å²) in [6.45, 7) is 3.24. The largest absolute Gasteiger partial charge is 0.343 e. The van der Waals surface area contributed by atoms with E-state index in [2.05, 4.69) is 0 Å². The molecule has 1 heterocycles. The van der Waals surface area contributed by atoms with E-state index in [9.17, 15) is 9.59 Å². The Morgan fingerprint density at radius 3 is 2.17 bits per heavy atom. The fraction of sp³-hybridized carbons (Fsp3) is 0.667. The minimum absolute atomic E-state index is 0.253. The van der Waals surface area contributed by atoms with Gasteiger partial charge in [-0.25, -0.2) is 9.21 Å². The van der Waals surface area contributed by atoms with Gasteiger partial charge in [0.25, 0.3) is 5.91 Å². The van der Waals surface area contributed by atoms with Gasteiger partial charge in [-0.1, -0.05) is 22.6 Å². The Morgan fingerprint density at radius 2 is 2.00 bits per heavy atom. The number of urea groups is 1. The zero-order valence-corrected chi connectivity index (χ0v) is 9.59. The fourth-order valence-electron chi connectivity index (χ4n) is 0.952. The lowest BCUT2D eigenvalue weighted by molar-refractivity contribution is -0.130. The summed E-state index contributed by atoms with van der Waals surface area (Å²) in [7, 11) is 0. The number of halogens is 2. The second-order valence-electron chi connectivity index (χ2n) is 2.98. The summed E-state index contributed by atoms with van der Waals surface area (Å²) in [5.41, 5.74) is -0.913. The molecule has 0 aromatic heterocycles. The molecule has 0 atom stereocenters. The molecule has 0 N–H and O–H groups in total. The highest BCUT2D eigenvalue weighted by Crippen LogP contribution is 2.29. The summed E-state index contributed by atoms with van der Waals surface area (Å²) < 4.78 is 1.27. The Balaban J connectivity index is 3.02. The van der Waals surface area contributed by atoms with Crippen LogP contribution in [0.15, 0.2) is 0 Å². The van der Waals surface area contributed by atoms with Crippen molar-refractivity contribution in [1.82, 2.24) is 9.32 Å². The van der Waals surface area contributed by atoms with Crippen molar-refractivity contribution >= 4 is 46.3 Å². The van der Waals surface area contributed by atoms with Crippen LogP contribution in [0.25, 0.3) is 0 Å². The molecule has 0 bridgehead atoms. The zero-order valence-electron chi connectivity index (χ0n) is 6.67. The molecule has 6 heteroatoms. The van der Waals surface area contributed by atoms with Crippen molar-refractivity contribution in [2.24, 2.45) is 0 Å². The molecule has 68 valence electrons. The first-order chi connectivity index (χ1) is 5.42. The quantitative estimate of drug-likeness (QED) is 0.243. The van der Waals surface area contributed by atoms with Crippen molar-refractivity contribution in [2.75, 3.05) is 4.55 Å². The van der Waals surface area contributed by atoms with Crippen molar-refractivity contribution in [3.05, 3.63) is 0 Å². The van der Waals surface area contributed by atoms with Crippen LogP contribution in [-0.2, 0) is 4.79 Å². The monoisotopic (exact) mass is 302 g/mol. The summed E-state index contributed by atoms with van der Waals surface area (Å²) >= 11 is 7.59. The summed E-state index contributed by atoms with van der Waals surface area (Å²) in [4.78, 5) is 23.8. The Kier molecular flexibility index (Phi) is 2.53. The maximum absolute atomic E-state index is 11.5. The molecule has 0 aromatic carbocycles. The van der Waals surface area contributed by atoms with Gasteiger partial charge in [-0.15, -0.1) is 0 Å². The van der Waals surface area contributed by atoms with Crippen molar-refractivity contribution in [2.45, 2.75) is 19.4 Å². The van der Waals surface area contributed by atoms with Crippen LogP contribution in [0, 0.1) is 0 Å². The van der Waals surface area contributed by atoms with Gasteiger partial charge in [-0.05, 0) is 13.8 Å². The maximum Gasteiger partial charge on any atom is 0.343 e. The van der Waals surface area contributed by atoms with Gasteiger partial charge in [-0.2, -0.15) is 0 Å². The third-order valence-electron chi connectivity index (χ3n) is 1.78. The molecule has 1 rings (SSSR count). The third-order valence-corrected chi connectivity index (χ3v) is 3.03. The van der Waals surface area contributed by atoms with Gasteiger partial charge < -0.3 is 0 Å². The number of nitrogens with zero attached hydrogens (tertiary/aromatic N) is 2. The highest BCUT2D eigenvalue weighted by atomic mass is 127. The Hall–Kier alpha value is -0.0400. The van der Waals surface area contributed by atoms with E-state index in [1.165, 1.54) is 0 Å². The molecule has 3 amide bonds. The fourth-order valence-corrected chi connectivity index (χ4v) is 1.72. The van der Waals surface area contributed by atoms with Crippen LogP contribution in [-0.4, -0.2) is 31.3 Å². The predicted octanol–water partition coefficient (Wildman–Crippen LogP) is 1.58. The Labute approximate surface area is 89.1 Å². The van der Waals surface area contributed by atoms with Crippen LogP contribution < -0.4 is 0 Å². The number of hydrogen-bond donors (Lipinski definition) is 0. The number of carbonyl (C=O) groups is 2. The van der Waals surface area contributed by atoms with E-state index in [-0.39, 0.29) is 5.91 Å².